The van der Waals surface area contributed by atoms with Gasteiger partial charge in [0.05, 0.1) is 17.3 Å². The monoisotopic (exact) mass is 359 g/mol. The number of halogens is 4. The lowest BCUT2D eigenvalue weighted by Gasteiger charge is -2.10. The molecule has 2 aromatic rings. The number of nitrogens with zero attached hydrogens (tertiary/aromatic N) is 2. The molecule has 0 aliphatic heterocycles. The van der Waals surface area contributed by atoms with Crippen molar-refractivity contribution in [3.05, 3.63) is 45.7 Å². The first-order chi connectivity index (χ1) is 11.1. The van der Waals surface area contributed by atoms with Crippen molar-refractivity contribution in [2.45, 2.75) is 39.9 Å². The largest absolute Gasteiger partial charge is 0.436 e. The van der Waals surface area contributed by atoms with Gasteiger partial charge in [-0.1, -0.05) is 23.7 Å². The Morgan fingerprint density at radius 1 is 1.29 bits per heavy atom. The van der Waals surface area contributed by atoms with E-state index in [1.165, 1.54) is 6.92 Å². The van der Waals surface area contributed by atoms with Crippen molar-refractivity contribution in [2.24, 2.45) is 0 Å². The van der Waals surface area contributed by atoms with Crippen LogP contribution in [0.15, 0.2) is 18.2 Å². The number of anilines is 1. The van der Waals surface area contributed by atoms with Gasteiger partial charge < -0.3 is 5.32 Å². The summed E-state index contributed by atoms with van der Waals surface area (Å²) in [6, 6.07) is 5.53. The molecule has 130 valence electrons. The number of hydrogen-bond donors (Lipinski definition) is 1. The minimum atomic E-state index is -4.62. The van der Waals surface area contributed by atoms with E-state index in [0.717, 1.165) is 15.8 Å². The molecule has 0 radical (unpaired) electrons. The molecular weight excluding hydrogens is 343 g/mol. The fourth-order valence-corrected chi connectivity index (χ4v) is 2.47. The van der Waals surface area contributed by atoms with Gasteiger partial charge in [0, 0.05) is 12.1 Å². The van der Waals surface area contributed by atoms with Gasteiger partial charge in [-0.2, -0.15) is 18.3 Å². The number of benzene rings is 1. The van der Waals surface area contributed by atoms with Gasteiger partial charge in [0.1, 0.15) is 0 Å². The second-order valence-electron chi connectivity index (χ2n) is 5.51. The highest BCUT2D eigenvalue weighted by Crippen LogP contribution is 2.35. The molecule has 0 atom stereocenters. The fourth-order valence-electron chi connectivity index (χ4n) is 2.23. The zero-order chi connectivity index (χ0) is 18.1. The van der Waals surface area contributed by atoms with Crippen LogP contribution in [0.1, 0.15) is 28.9 Å². The molecule has 0 aliphatic rings. The van der Waals surface area contributed by atoms with E-state index < -0.39 is 16.9 Å². The van der Waals surface area contributed by atoms with Gasteiger partial charge in [-0.25, -0.2) is 0 Å². The molecule has 0 aliphatic carbocycles. The summed E-state index contributed by atoms with van der Waals surface area (Å²) in [5.41, 5.74) is 1.73. The molecule has 0 spiro atoms. The first kappa shape index (κ1) is 18.3. The molecule has 4 nitrogen and oxygen atoms in total. The normalized spacial score (nSPS) is 11.6. The summed E-state index contributed by atoms with van der Waals surface area (Å²) in [6.07, 6.45) is -4.63. The molecule has 1 heterocycles. The maximum absolute atomic E-state index is 12.8. The molecule has 1 amide bonds. The van der Waals surface area contributed by atoms with Crippen molar-refractivity contribution < 1.29 is 18.0 Å². The maximum Gasteiger partial charge on any atom is 0.436 e. The van der Waals surface area contributed by atoms with Crippen molar-refractivity contribution in [3.8, 4) is 0 Å². The van der Waals surface area contributed by atoms with Gasteiger partial charge >= 0.3 is 6.18 Å². The topological polar surface area (TPSA) is 46.9 Å². The zero-order valence-corrected chi connectivity index (χ0v) is 14.2. The van der Waals surface area contributed by atoms with Crippen LogP contribution in [0.4, 0.5) is 18.9 Å². The third kappa shape index (κ3) is 3.90. The van der Waals surface area contributed by atoms with Crippen LogP contribution in [0.2, 0.25) is 5.02 Å². The Morgan fingerprint density at radius 3 is 2.54 bits per heavy atom. The average Bonchev–Trinajstić information content (AvgIpc) is 2.78. The van der Waals surface area contributed by atoms with Gasteiger partial charge in [0.2, 0.25) is 5.91 Å². The first-order valence-corrected chi connectivity index (χ1v) is 7.65. The number of amides is 1. The Hall–Kier alpha value is -2.02. The molecule has 2 rings (SSSR count). The van der Waals surface area contributed by atoms with Crippen molar-refractivity contribution >= 4 is 23.2 Å². The van der Waals surface area contributed by atoms with Gasteiger partial charge in [-0.3, -0.25) is 9.48 Å². The highest BCUT2D eigenvalue weighted by Gasteiger charge is 2.38. The molecule has 1 aromatic heterocycles. The predicted octanol–water partition coefficient (Wildman–Crippen LogP) is 4.51. The average molecular weight is 360 g/mol. The molecule has 0 saturated carbocycles. The second-order valence-corrected chi connectivity index (χ2v) is 5.89. The predicted molar refractivity (Wildman–Crippen MR) is 86.1 cm³/mol. The van der Waals surface area contributed by atoms with E-state index in [2.05, 4.69) is 10.4 Å². The Balaban J connectivity index is 2.06. The molecular formula is C16H17ClF3N3O. The number of aromatic nitrogens is 2. The molecule has 8 heteroatoms. The second kappa shape index (κ2) is 6.84. The van der Waals surface area contributed by atoms with Gasteiger partial charge in [0.15, 0.2) is 5.69 Å². The van der Waals surface area contributed by atoms with Crippen LogP contribution in [0, 0.1) is 20.8 Å². The smallest absolute Gasteiger partial charge is 0.326 e. The van der Waals surface area contributed by atoms with Gasteiger partial charge in [-0.05, 0) is 38.0 Å². The van der Waals surface area contributed by atoms with Crippen LogP contribution in [0.3, 0.4) is 0 Å². The van der Waals surface area contributed by atoms with Crippen molar-refractivity contribution in [1.82, 2.24) is 9.78 Å². The van der Waals surface area contributed by atoms with E-state index in [0.29, 0.717) is 5.69 Å². The molecule has 1 aromatic carbocycles. The number of carbonyl (C=O) groups excluding carboxylic acids is 1. The van der Waals surface area contributed by atoms with Crippen LogP contribution in [-0.2, 0) is 17.5 Å². The minimum absolute atomic E-state index is 0.0104. The highest BCUT2D eigenvalue weighted by atomic mass is 35.5. The number of carbonyl (C=O) groups is 1. The van der Waals surface area contributed by atoms with Crippen molar-refractivity contribution in [1.29, 1.82) is 0 Å². The first-order valence-electron chi connectivity index (χ1n) is 7.27. The van der Waals surface area contributed by atoms with E-state index in [4.69, 9.17) is 11.6 Å². The summed E-state index contributed by atoms with van der Waals surface area (Å²) in [5, 5.41) is 5.80. The maximum atomic E-state index is 12.8. The Kier molecular flexibility index (Phi) is 5.22. The summed E-state index contributed by atoms with van der Waals surface area (Å²) >= 11 is 5.68. The number of rotatable bonds is 4. The van der Waals surface area contributed by atoms with E-state index in [-0.39, 0.29) is 24.6 Å². The van der Waals surface area contributed by atoms with Crippen LogP contribution < -0.4 is 5.32 Å². The molecule has 0 fully saturated rings. The standard InChI is InChI=1S/C16H17ClF3N3O/c1-9-5-4-6-12(10(9)2)21-13(24)7-8-23-11(3)14(17)15(22-23)16(18,19)20/h4-6H,7-8H2,1-3H3,(H,21,24). The molecule has 24 heavy (non-hydrogen) atoms. The van der Waals surface area contributed by atoms with E-state index in [1.54, 1.807) is 6.07 Å². The van der Waals surface area contributed by atoms with Crippen LogP contribution in [0.5, 0.6) is 0 Å². The molecule has 0 unspecified atom stereocenters. The Labute approximate surface area is 142 Å². The van der Waals surface area contributed by atoms with E-state index >= 15 is 0 Å². The Bertz CT molecular complexity index is 769. The summed E-state index contributed by atoms with van der Waals surface area (Å²) in [4.78, 5) is 12.0. The summed E-state index contributed by atoms with van der Waals surface area (Å²) in [5.74, 6) is -0.303. The van der Waals surface area contributed by atoms with E-state index in [9.17, 15) is 18.0 Å². The van der Waals surface area contributed by atoms with Crippen molar-refractivity contribution in [2.75, 3.05) is 5.32 Å². The lowest BCUT2D eigenvalue weighted by atomic mass is 10.1. The fraction of sp³-hybridized carbons (Fsp3) is 0.375. The van der Waals surface area contributed by atoms with Gasteiger partial charge in [-0.15, -0.1) is 0 Å². The highest BCUT2D eigenvalue weighted by molar-refractivity contribution is 6.31. The van der Waals surface area contributed by atoms with Crippen LogP contribution in [-0.4, -0.2) is 15.7 Å². The molecule has 1 N–H and O–H groups in total. The zero-order valence-electron chi connectivity index (χ0n) is 13.5. The van der Waals surface area contributed by atoms with Crippen molar-refractivity contribution in [3.63, 3.8) is 0 Å². The number of alkyl halides is 3. The molecule has 0 bridgehead atoms. The van der Waals surface area contributed by atoms with Gasteiger partial charge in [0.25, 0.3) is 0 Å². The summed E-state index contributed by atoms with van der Waals surface area (Å²) in [7, 11) is 0. The number of aryl methyl sites for hydroxylation is 2. The summed E-state index contributed by atoms with van der Waals surface area (Å²) in [6.45, 7) is 5.27. The molecule has 0 saturated heterocycles. The Morgan fingerprint density at radius 2 is 1.96 bits per heavy atom. The number of nitrogens with one attached hydrogen (secondary N) is 1. The number of hydrogen-bond acceptors (Lipinski definition) is 2. The summed E-state index contributed by atoms with van der Waals surface area (Å²) < 4.78 is 39.4. The lowest BCUT2D eigenvalue weighted by Crippen LogP contribution is -2.17. The van der Waals surface area contributed by atoms with E-state index in [1.807, 2.05) is 26.0 Å². The SMILES string of the molecule is Cc1cccc(NC(=O)CCn2nc(C(F)(F)F)c(Cl)c2C)c1C. The van der Waals surface area contributed by atoms with Crippen LogP contribution >= 0.6 is 11.6 Å². The minimum Gasteiger partial charge on any atom is -0.326 e. The lowest BCUT2D eigenvalue weighted by molar-refractivity contribution is -0.141. The van der Waals surface area contributed by atoms with Crippen LogP contribution in [0.25, 0.3) is 0 Å². The quantitative estimate of drug-likeness (QED) is 0.873. The third-order valence-electron chi connectivity index (χ3n) is 3.83. The third-order valence-corrected chi connectivity index (χ3v) is 4.28.